The number of carbonyl (C=O) groups is 1. The number of hydrogen-bond acceptors (Lipinski definition) is 2. The quantitative estimate of drug-likeness (QED) is 0.634. The summed E-state index contributed by atoms with van der Waals surface area (Å²) in [5.74, 6) is 0.660. The first-order chi connectivity index (χ1) is 10.6. The standard InChI is InChI=1S/C17H25ClN2O2/c1-13-8-9-15(18)16(12-13)22-11-10-19-17(21)20-14-6-4-2-3-5-7-14/h8-9,12,14H,2-7,10-11H2,1H3,(H2,19,20,21). The number of amides is 2. The van der Waals surface area contributed by atoms with Gasteiger partial charge in [-0.2, -0.15) is 0 Å². The van der Waals surface area contributed by atoms with Crippen LogP contribution in [0.1, 0.15) is 44.1 Å². The van der Waals surface area contributed by atoms with Crippen molar-refractivity contribution in [3.05, 3.63) is 28.8 Å². The molecule has 0 bridgehead atoms. The van der Waals surface area contributed by atoms with Crippen molar-refractivity contribution in [2.24, 2.45) is 0 Å². The molecule has 1 aliphatic rings. The van der Waals surface area contributed by atoms with Gasteiger partial charge in [0.05, 0.1) is 11.6 Å². The highest BCUT2D eigenvalue weighted by Gasteiger charge is 2.14. The second-order valence-electron chi connectivity index (χ2n) is 5.87. The van der Waals surface area contributed by atoms with E-state index in [-0.39, 0.29) is 6.03 Å². The number of ether oxygens (including phenoxy) is 1. The summed E-state index contributed by atoms with van der Waals surface area (Å²) in [6, 6.07) is 5.86. The summed E-state index contributed by atoms with van der Waals surface area (Å²) in [5, 5.41) is 6.47. The summed E-state index contributed by atoms with van der Waals surface area (Å²) in [6.45, 7) is 2.85. The van der Waals surface area contributed by atoms with Crippen LogP contribution in [-0.2, 0) is 0 Å². The number of rotatable bonds is 5. The molecule has 22 heavy (non-hydrogen) atoms. The monoisotopic (exact) mass is 324 g/mol. The van der Waals surface area contributed by atoms with E-state index in [1.165, 1.54) is 25.7 Å². The van der Waals surface area contributed by atoms with Crippen LogP contribution in [0.15, 0.2) is 18.2 Å². The van der Waals surface area contributed by atoms with Gasteiger partial charge in [0.15, 0.2) is 0 Å². The molecule has 4 nitrogen and oxygen atoms in total. The molecule has 1 aromatic carbocycles. The first-order valence-electron chi connectivity index (χ1n) is 8.08. The number of carbonyl (C=O) groups excluding carboxylic acids is 1. The normalized spacial score (nSPS) is 15.9. The highest BCUT2D eigenvalue weighted by Crippen LogP contribution is 2.24. The SMILES string of the molecule is Cc1ccc(Cl)c(OCCNC(=O)NC2CCCCCC2)c1. The molecule has 0 radical (unpaired) electrons. The minimum Gasteiger partial charge on any atom is -0.490 e. The van der Waals surface area contributed by atoms with Crippen molar-refractivity contribution in [3.63, 3.8) is 0 Å². The number of benzene rings is 1. The van der Waals surface area contributed by atoms with E-state index < -0.39 is 0 Å². The second-order valence-corrected chi connectivity index (χ2v) is 6.28. The van der Waals surface area contributed by atoms with E-state index in [4.69, 9.17) is 16.3 Å². The lowest BCUT2D eigenvalue weighted by molar-refractivity contribution is 0.231. The largest absolute Gasteiger partial charge is 0.490 e. The van der Waals surface area contributed by atoms with Crippen LogP contribution in [0.2, 0.25) is 5.02 Å². The van der Waals surface area contributed by atoms with E-state index in [9.17, 15) is 4.79 Å². The van der Waals surface area contributed by atoms with Crippen LogP contribution in [0.25, 0.3) is 0 Å². The second kappa shape index (κ2) is 8.89. The van der Waals surface area contributed by atoms with E-state index in [0.29, 0.717) is 30.0 Å². The molecule has 0 aliphatic heterocycles. The highest BCUT2D eigenvalue weighted by molar-refractivity contribution is 6.32. The van der Waals surface area contributed by atoms with Gasteiger partial charge in [-0.25, -0.2) is 4.79 Å². The molecule has 1 saturated carbocycles. The molecule has 0 spiro atoms. The Labute approximate surface area is 137 Å². The lowest BCUT2D eigenvalue weighted by atomic mass is 10.1. The molecular weight excluding hydrogens is 300 g/mol. The molecule has 2 N–H and O–H groups in total. The average Bonchev–Trinajstić information content (AvgIpc) is 2.75. The number of aryl methyl sites for hydroxylation is 1. The van der Waals surface area contributed by atoms with Gasteiger partial charge in [0.1, 0.15) is 12.4 Å². The summed E-state index contributed by atoms with van der Waals surface area (Å²) in [4.78, 5) is 11.9. The van der Waals surface area contributed by atoms with Crippen molar-refractivity contribution in [3.8, 4) is 5.75 Å². The Hall–Kier alpha value is -1.42. The molecule has 0 heterocycles. The summed E-state index contributed by atoms with van der Waals surface area (Å²) < 4.78 is 5.60. The predicted octanol–water partition coefficient (Wildman–Crippen LogP) is 4.05. The summed E-state index contributed by atoms with van der Waals surface area (Å²) in [7, 11) is 0. The fraction of sp³-hybridized carbons (Fsp3) is 0.588. The van der Waals surface area contributed by atoms with E-state index in [2.05, 4.69) is 10.6 Å². The van der Waals surface area contributed by atoms with Crippen LogP contribution < -0.4 is 15.4 Å². The Morgan fingerprint density at radius 3 is 2.73 bits per heavy atom. The zero-order valence-corrected chi connectivity index (χ0v) is 13.9. The maximum atomic E-state index is 11.9. The third kappa shape index (κ3) is 5.76. The summed E-state index contributed by atoms with van der Waals surface area (Å²) >= 11 is 6.06. The lowest BCUT2D eigenvalue weighted by Crippen LogP contribution is -2.43. The van der Waals surface area contributed by atoms with Crippen molar-refractivity contribution in [1.82, 2.24) is 10.6 Å². The Bertz CT molecular complexity index is 486. The van der Waals surface area contributed by atoms with Crippen LogP contribution in [0, 0.1) is 6.92 Å². The topological polar surface area (TPSA) is 50.4 Å². The molecule has 1 aromatic rings. The van der Waals surface area contributed by atoms with Crippen LogP contribution in [0.3, 0.4) is 0 Å². The Kier molecular flexibility index (Phi) is 6.84. The third-order valence-corrected chi connectivity index (χ3v) is 4.23. The molecule has 0 atom stereocenters. The zero-order chi connectivity index (χ0) is 15.8. The molecule has 1 fully saturated rings. The van der Waals surface area contributed by atoms with Crippen molar-refractivity contribution >= 4 is 17.6 Å². The molecule has 0 unspecified atom stereocenters. The van der Waals surface area contributed by atoms with Crippen molar-refractivity contribution in [2.75, 3.05) is 13.2 Å². The van der Waals surface area contributed by atoms with Gasteiger partial charge in [0.2, 0.25) is 0 Å². The van der Waals surface area contributed by atoms with Gasteiger partial charge < -0.3 is 15.4 Å². The molecule has 0 saturated heterocycles. The summed E-state index contributed by atoms with van der Waals surface area (Å²) in [5.41, 5.74) is 1.10. The van der Waals surface area contributed by atoms with Gasteiger partial charge in [-0.1, -0.05) is 43.4 Å². The first-order valence-corrected chi connectivity index (χ1v) is 8.46. The predicted molar refractivity (Wildman–Crippen MR) is 89.7 cm³/mol. The van der Waals surface area contributed by atoms with Crippen LogP contribution in [0.5, 0.6) is 5.75 Å². The minimum atomic E-state index is -0.106. The number of nitrogens with one attached hydrogen (secondary N) is 2. The van der Waals surface area contributed by atoms with E-state index in [0.717, 1.165) is 18.4 Å². The van der Waals surface area contributed by atoms with Crippen molar-refractivity contribution in [2.45, 2.75) is 51.5 Å². The van der Waals surface area contributed by atoms with Gasteiger partial charge in [0.25, 0.3) is 0 Å². The van der Waals surface area contributed by atoms with Crippen molar-refractivity contribution in [1.29, 1.82) is 0 Å². The van der Waals surface area contributed by atoms with Gasteiger partial charge in [-0.15, -0.1) is 0 Å². The fourth-order valence-corrected chi connectivity index (χ4v) is 2.88. The van der Waals surface area contributed by atoms with Gasteiger partial charge in [-0.05, 0) is 37.5 Å². The molecule has 2 rings (SSSR count). The molecule has 122 valence electrons. The van der Waals surface area contributed by atoms with Gasteiger partial charge >= 0.3 is 6.03 Å². The Morgan fingerprint density at radius 2 is 2.00 bits per heavy atom. The number of halogens is 1. The lowest BCUT2D eigenvalue weighted by Gasteiger charge is -2.17. The Balaban J connectivity index is 1.65. The smallest absolute Gasteiger partial charge is 0.315 e. The number of hydrogen-bond donors (Lipinski definition) is 2. The van der Waals surface area contributed by atoms with Gasteiger partial charge in [0, 0.05) is 6.04 Å². The zero-order valence-electron chi connectivity index (χ0n) is 13.2. The molecular formula is C17H25ClN2O2. The van der Waals surface area contributed by atoms with E-state index >= 15 is 0 Å². The number of urea groups is 1. The van der Waals surface area contributed by atoms with Gasteiger partial charge in [-0.3, -0.25) is 0 Å². The van der Waals surface area contributed by atoms with E-state index in [1.54, 1.807) is 0 Å². The molecule has 2 amide bonds. The highest BCUT2D eigenvalue weighted by atomic mass is 35.5. The first kappa shape index (κ1) is 16.9. The molecule has 5 heteroatoms. The van der Waals surface area contributed by atoms with E-state index in [1.807, 2.05) is 25.1 Å². The average molecular weight is 325 g/mol. The summed E-state index contributed by atoms with van der Waals surface area (Å²) in [6.07, 6.45) is 7.15. The van der Waals surface area contributed by atoms with Crippen LogP contribution >= 0.6 is 11.6 Å². The molecule has 1 aliphatic carbocycles. The Morgan fingerprint density at radius 1 is 1.27 bits per heavy atom. The molecule has 0 aromatic heterocycles. The maximum Gasteiger partial charge on any atom is 0.315 e. The van der Waals surface area contributed by atoms with Crippen molar-refractivity contribution < 1.29 is 9.53 Å². The third-order valence-electron chi connectivity index (χ3n) is 3.92. The minimum absolute atomic E-state index is 0.106. The van der Waals surface area contributed by atoms with Crippen LogP contribution in [0.4, 0.5) is 4.79 Å². The fourth-order valence-electron chi connectivity index (χ4n) is 2.71. The maximum absolute atomic E-state index is 11.9. The van der Waals surface area contributed by atoms with Crippen LogP contribution in [-0.4, -0.2) is 25.2 Å².